The number of ketones is 1. The zero-order valence-corrected chi connectivity index (χ0v) is 12.3. The average molecular weight is 291 g/mol. The number of rotatable bonds is 5. The second-order valence-electron chi connectivity index (χ2n) is 5.91. The minimum Gasteiger partial charge on any atom is -0.367 e. The SMILES string of the molecule is Cc1cnn(CCC(=O)N2CCOC(C(=O)C3CC3)C2)c1. The van der Waals surface area contributed by atoms with E-state index in [0.29, 0.717) is 32.7 Å². The molecule has 1 aliphatic heterocycles. The number of aromatic nitrogens is 2. The molecule has 1 unspecified atom stereocenters. The van der Waals surface area contributed by atoms with Crippen LogP contribution < -0.4 is 0 Å². The van der Waals surface area contributed by atoms with Gasteiger partial charge in [0.05, 0.1) is 19.3 Å². The highest BCUT2D eigenvalue weighted by Crippen LogP contribution is 2.32. The van der Waals surface area contributed by atoms with Crippen molar-refractivity contribution in [2.45, 2.75) is 38.8 Å². The molecular weight excluding hydrogens is 270 g/mol. The molecular formula is C15H21N3O3. The number of nitrogens with zero attached hydrogens (tertiary/aromatic N) is 3. The van der Waals surface area contributed by atoms with Gasteiger partial charge in [-0.3, -0.25) is 14.3 Å². The van der Waals surface area contributed by atoms with Crippen LogP contribution in [0.5, 0.6) is 0 Å². The molecule has 0 aromatic carbocycles. The lowest BCUT2D eigenvalue weighted by Gasteiger charge is -2.32. The van der Waals surface area contributed by atoms with Crippen LogP contribution in [0.4, 0.5) is 0 Å². The summed E-state index contributed by atoms with van der Waals surface area (Å²) in [6, 6.07) is 0. The van der Waals surface area contributed by atoms with Crippen LogP contribution in [0.15, 0.2) is 12.4 Å². The van der Waals surface area contributed by atoms with Crippen molar-refractivity contribution < 1.29 is 14.3 Å². The number of amides is 1. The van der Waals surface area contributed by atoms with Crippen molar-refractivity contribution in [3.63, 3.8) is 0 Å². The van der Waals surface area contributed by atoms with Gasteiger partial charge in [0, 0.05) is 31.6 Å². The quantitative estimate of drug-likeness (QED) is 0.804. The Labute approximate surface area is 124 Å². The van der Waals surface area contributed by atoms with Crippen molar-refractivity contribution in [2.24, 2.45) is 5.92 Å². The lowest BCUT2D eigenvalue weighted by atomic mass is 10.1. The Morgan fingerprint density at radius 1 is 1.43 bits per heavy atom. The van der Waals surface area contributed by atoms with Crippen LogP contribution in [0.3, 0.4) is 0 Å². The Kier molecular flexibility index (Phi) is 4.05. The largest absolute Gasteiger partial charge is 0.367 e. The van der Waals surface area contributed by atoms with Gasteiger partial charge in [-0.1, -0.05) is 0 Å². The van der Waals surface area contributed by atoms with E-state index >= 15 is 0 Å². The first kappa shape index (κ1) is 14.3. The van der Waals surface area contributed by atoms with Gasteiger partial charge in [-0.05, 0) is 25.3 Å². The summed E-state index contributed by atoms with van der Waals surface area (Å²) in [5, 5.41) is 4.17. The maximum atomic E-state index is 12.2. The summed E-state index contributed by atoms with van der Waals surface area (Å²) in [6.45, 7) is 3.99. The molecule has 1 aromatic rings. The van der Waals surface area contributed by atoms with Crippen LogP contribution in [-0.2, 0) is 20.9 Å². The molecule has 0 bridgehead atoms. The number of Topliss-reactive ketones (excluding diaryl/α,β-unsaturated/α-hetero) is 1. The van der Waals surface area contributed by atoms with Gasteiger partial charge in [0.1, 0.15) is 6.10 Å². The lowest BCUT2D eigenvalue weighted by Crippen LogP contribution is -2.49. The lowest BCUT2D eigenvalue weighted by molar-refractivity contribution is -0.146. The Bertz CT molecular complexity index is 536. The standard InChI is InChI=1S/C15H21N3O3/c1-11-8-16-18(9-11)5-4-14(19)17-6-7-21-13(10-17)15(20)12-2-3-12/h8-9,12-13H,2-7,10H2,1H3. The average Bonchev–Trinajstić information content (AvgIpc) is 3.27. The fourth-order valence-electron chi connectivity index (χ4n) is 2.64. The van der Waals surface area contributed by atoms with E-state index in [1.54, 1.807) is 15.8 Å². The molecule has 6 nitrogen and oxygen atoms in total. The molecule has 1 aliphatic carbocycles. The Balaban J connectivity index is 1.50. The van der Waals surface area contributed by atoms with Crippen LogP contribution in [0.1, 0.15) is 24.8 Å². The van der Waals surface area contributed by atoms with E-state index in [4.69, 9.17) is 4.74 Å². The monoisotopic (exact) mass is 291 g/mol. The Morgan fingerprint density at radius 2 is 2.24 bits per heavy atom. The highest BCUT2D eigenvalue weighted by atomic mass is 16.5. The highest BCUT2D eigenvalue weighted by Gasteiger charge is 2.38. The van der Waals surface area contributed by atoms with Gasteiger partial charge >= 0.3 is 0 Å². The molecule has 1 saturated heterocycles. The molecule has 3 rings (SSSR count). The van der Waals surface area contributed by atoms with Gasteiger partial charge in [-0.15, -0.1) is 0 Å². The summed E-state index contributed by atoms with van der Waals surface area (Å²) in [5.41, 5.74) is 1.09. The van der Waals surface area contributed by atoms with E-state index in [1.807, 2.05) is 13.1 Å². The fourth-order valence-corrected chi connectivity index (χ4v) is 2.64. The van der Waals surface area contributed by atoms with Crippen molar-refractivity contribution in [1.29, 1.82) is 0 Å². The van der Waals surface area contributed by atoms with E-state index in [9.17, 15) is 9.59 Å². The maximum Gasteiger partial charge on any atom is 0.224 e. The maximum absolute atomic E-state index is 12.2. The number of morpholine rings is 1. The van der Waals surface area contributed by atoms with E-state index in [-0.39, 0.29) is 17.6 Å². The molecule has 1 amide bonds. The molecule has 1 aromatic heterocycles. The molecule has 0 spiro atoms. The van der Waals surface area contributed by atoms with Crippen LogP contribution in [0.2, 0.25) is 0 Å². The summed E-state index contributed by atoms with van der Waals surface area (Å²) >= 11 is 0. The first-order valence-corrected chi connectivity index (χ1v) is 7.55. The molecule has 1 saturated carbocycles. The summed E-state index contributed by atoms with van der Waals surface area (Å²) in [4.78, 5) is 26.0. The zero-order chi connectivity index (χ0) is 14.8. The number of ether oxygens (including phenoxy) is 1. The molecule has 0 N–H and O–H groups in total. The molecule has 114 valence electrons. The van der Waals surface area contributed by atoms with Gasteiger partial charge in [0.2, 0.25) is 5.91 Å². The van der Waals surface area contributed by atoms with Crippen molar-refractivity contribution in [2.75, 3.05) is 19.7 Å². The third-order valence-electron chi connectivity index (χ3n) is 4.03. The Morgan fingerprint density at radius 3 is 2.90 bits per heavy atom. The topological polar surface area (TPSA) is 64.4 Å². The molecule has 6 heteroatoms. The van der Waals surface area contributed by atoms with Gasteiger partial charge in [0.15, 0.2) is 5.78 Å². The Hall–Kier alpha value is -1.69. The summed E-state index contributed by atoms with van der Waals surface area (Å²) in [7, 11) is 0. The third kappa shape index (κ3) is 3.50. The predicted molar refractivity (Wildman–Crippen MR) is 75.6 cm³/mol. The van der Waals surface area contributed by atoms with Crippen LogP contribution in [0.25, 0.3) is 0 Å². The minimum atomic E-state index is -0.415. The first-order chi connectivity index (χ1) is 10.1. The van der Waals surface area contributed by atoms with Crippen LogP contribution in [0, 0.1) is 12.8 Å². The van der Waals surface area contributed by atoms with E-state index in [0.717, 1.165) is 18.4 Å². The molecule has 2 heterocycles. The molecule has 2 fully saturated rings. The van der Waals surface area contributed by atoms with Gasteiger partial charge in [-0.25, -0.2) is 0 Å². The summed E-state index contributed by atoms with van der Waals surface area (Å²) in [5.74, 6) is 0.423. The fraction of sp³-hybridized carbons (Fsp3) is 0.667. The van der Waals surface area contributed by atoms with Crippen molar-refractivity contribution in [3.05, 3.63) is 18.0 Å². The van der Waals surface area contributed by atoms with Crippen LogP contribution >= 0.6 is 0 Å². The number of hydrogen-bond donors (Lipinski definition) is 0. The number of carbonyl (C=O) groups excluding carboxylic acids is 2. The number of hydrogen-bond acceptors (Lipinski definition) is 4. The number of aryl methyl sites for hydroxylation is 2. The van der Waals surface area contributed by atoms with Crippen LogP contribution in [-0.4, -0.2) is 52.2 Å². The van der Waals surface area contributed by atoms with Crippen molar-refractivity contribution >= 4 is 11.7 Å². The zero-order valence-electron chi connectivity index (χ0n) is 12.3. The summed E-state index contributed by atoms with van der Waals surface area (Å²) in [6.07, 6.45) is 5.65. The number of carbonyl (C=O) groups is 2. The summed E-state index contributed by atoms with van der Waals surface area (Å²) < 4.78 is 7.30. The molecule has 2 aliphatic rings. The first-order valence-electron chi connectivity index (χ1n) is 7.55. The van der Waals surface area contributed by atoms with Gasteiger partial charge in [-0.2, -0.15) is 5.10 Å². The van der Waals surface area contributed by atoms with Gasteiger partial charge in [0.25, 0.3) is 0 Å². The van der Waals surface area contributed by atoms with E-state index in [1.165, 1.54) is 0 Å². The normalized spacial score (nSPS) is 22.3. The highest BCUT2D eigenvalue weighted by molar-refractivity contribution is 5.88. The third-order valence-corrected chi connectivity index (χ3v) is 4.03. The molecule has 0 radical (unpaired) electrons. The van der Waals surface area contributed by atoms with E-state index in [2.05, 4.69) is 5.10 Å². The molecule has 1 atom stereocenters. The van der Waals surface area contributed by atoms with Crippen molar-refractivity contribution in [3.8, 4) is 0 Å². The van der Waals surface area contributed by atoms with Crippen molar-refractivity contribution in [1.82, 2.24) is 14.7 Å². The minimum absolute atomic E-state index is 0.0695. The second kappa shape index (κ2) is 5.97. The predicted octanol–water partition coefficient (Wildman–Crippen LogP) is 0.788. The second-order valence-corrected chi connectivity index (χ2v) is 5.91. The van der Waals surface area contributed by atoms with E-state index < -0.39 is 6.10 Å². The smallest absolute Gasteiger partial charge is 0.224 e. The van der Waals surface area contributed by atoms with Gasteiger partial charge < -0.3 is 9.64 Å². The molecule has 21 heavy (non-hydrogen) atoms.